The van der Waals surface area contributed by atoms with Gasteiger partial charge in [-0.3, -0.25) is 4.98 Å². The minimum atomic E-state index is 0.820. The molecule has 0 spiro atoms. The topological polar surface area (TPSA) is 12.9 Å². The Hall–Kier alpha value is -1.08. The molecule has 0 fully saturated rings. The number of benzene rings is 1. The number of para-hydroxylation sites is 1. The van der Waals surface area contributed by atoms with Crippen molar-refractivity contribution < 1.29 is 0 Å². The van der Waals surface area contributed by atoms with E-state index in [-0.39, 0.29) is 0 Å². The summed E-state index contributed by atoms with van der Waals surface area (Å²) < 4.78 is 0. The van der Waals surface area contributed by atoms with Crippen molar-refractivity contribution in [1.82, 2.24) is 4.98 Å². The Labute approximate surface area is 152 Å². The standard InChI is InChI=1S/C22H32ClN/c1-2-3-4-5-6-7-8-9-10-11-12-17-22-20(23)18-19-15-13-14-16-21(19)24-22/h13-16,18H,2-12,17H2,1H3. The second-order valence-electron chi connectivity index (χ2n) is 6.90. The molecule has 0 atom stereocenters. The van der Waals surface area contributed by atoms with Gasteiger partial charge in [-0.2, -0.15) is 0 Å². The summed E-state index contributed by atoms with van der Waals surface area (Å²) >= 11 is 6.37. The molecule has 1 heterocycles. The van der Waals surface area contributed by atoms with Crippen LogP contribution in [-0.2, 0) is 6.42 Å². The van der Waals surface area contributed by atoms with Crippen LogP contribution in [0.25, 0.3) is 10.9 Å². The number of unbranched alkanes of at least 4 members (excludes halogenated alkanes) is 10. The van der Waals surface area contributed by atoms with Gasteiger partial charge < -0.3 is 0 Å². The Kier molecular flexibility index (Phi) is 9.20. The molecule has 1 nitrogen and oxygen atoms in total. The molecule has 0 unspecified atom stereocenters. The van der Waals surface area contributed by atoms with Crippen molar-refractivity contribution in [2.45, 2.75) is 84.0 Å². The lowest BCUT2D eigenvalue weighted by atomic mass is 10.0. The van der Waals surface area contributed by atoms with Gasteiger partial charge in [-0.25, -0.2) is 0 Å². The fourth-order valence-corrected chi connectivity index (χ4v) is 3.52. The third-order valence-electron chi connectivity index (χ3n) is 4.77. The van der Waals surface area contributed by atoms with Crippen LogP contribution in [0.4, 0.5) is 0 Å². The highest BCUT2D eigenvalue weighted by atomic mass is 35.5. The molecule has 1 aromatic heterocycles. The van der Waals surface area contributed by atoms with E-state index >= 15 is 0 Å². The highest BCUT2D eigenvalue weighted by Crippen LogP contribution is 2.22. The molecule has 24 heavy (non-hydrogen) atoms. The van der Waals surface area contributed by atoms with Crippen molar-refractivity contribution in [3.05, 3.63) is 41.0 Å². The van der Waals surface area contributed by atoms with Crippen molar-refractivity contribution in [1.29, 1.82) is 0 Å². The van der Waals surface area contributed by atoms with Crippen LogP contribution in [0.15, 0.2) is 30.3 Å². The number of aryl methyl sites for hydroxylation is 1. The summed E-state index contributed by atoms with van der Waals surface area (Å²) in [6.45, 7) is 2.28. The summed E-state index contributed by atoms with van der Waals surface area (Å²) in [4.78, 5) is 4.73. The van der Waals surface area contributed by atoms with Crippen LogP contribution in [0.5, 0.6) is 0 Å². The lowest BCUT2D eigenvalue weighted by molar-refractivity contribution is 0.549. The third kappa shape index (κ3) is 6.81. The van der Waals surface area contributed by atoms with E-state index in [1.54, 1.807) is 0 Å². The van der Waals surface area contributed by atoms with E-state index in [1.165, 1.54) is 70.6 Å². The number of halogens is 1. The molecule has 2 heteroatoms. The summed E-state index contributed by atoms with van der Waals surface area (Å²) in [5.74, 6) is 0. The maximum absolute atomic E-state index is 6.37. The van der Waals surface area contributed by atoms with E-state index in [0.29, 0.717) is 0 Å². The van der Waals surface area contributed by atoms with E-state index in [9.17, 15) is 0 Å². The molecule has 0 N–H and O–H groups in total. The predicted molar refractivity (Wildman–Crippen MR) is 107 cm³/mol. The Morgan fingerprint density at radius 3 is 2.04 bits per heavy atom. The third-order valence-corrected chi connectivity index (χ3v) is 5.09. The van der Waals surface area contributed by atoms with Gasteiger partial charge in [-0.15, -0.1) is 0 Å². The zero-order valence-corrected chi connectivity index (χ0v) is 16.0. The molecule has 2 aromatic rings. The van der Waals surface area contributed by atoms with Gasteiger partial charge in [-0.1, -0.05) is 101 Å². The number of pyridine rings is 1. The molecule has 0 bridgehead atoms. The first-order valence-electron chi connectivity index (χ1n) is 9.85. The molecule has 0 amide bonds. The molecule has 0 saturated carbocycles. The lowest BCUT2D eigenvalue weighted by Gasteiger charge is -2.06. The quantitative estimate of drug-likeness (QED) is 0.358. The van der Waals surface area contributed by atoms with Gasteiger partial charge >= 0.3 is 0 Å². The Bertz CT molecular complexity index is 594. The van der Waals surface area contributed by atoms with E-state index in [2.05, 4.69) is 25.1 Å². The van der Waals surface area contributed by atoms with E-state index in [1.807, 2.05) is 12.1 Å². The maximum atomic E-state index is 6.37. The molecule has 0 aliphatic rings. The summed E-state index contributed by atoms with van der Waals surface area (Å²) in [5, 5.41) is 1.95. The SMILES string of the molecule is CCCCCCCCCCCCCc1nc2ccccc2cc1Cl. The van der Waals surface area contributed by atoms with E-state index in [0.717, 1.165) is 28.0 Å². The molecular weight excluding hydrogens is 314 g/mol. The Balaban J connectivity index is 1.57. The van der Waals surface area contributed by atoms with Crippen LogP contribution in [0, 0.1) is 0 Å². The van der Waals surface area contributed by atoms with Gasteiger partial charge in [-0.05, 0) is 25.0 Å². The van der Waals surface area contributed by atoms with Gasteiger partial charge in [0, 0.05) is 5.39 Å². The minimum Gasteiger partial charge on any atom is -0.251 e. The summed E-state index contributed by atoms with van der Waals surface area (Å²) in [6, 6.07) is 10.3. The van der Waals surface area contributed by atoms with Gasteiger partial charge in [0.1, 0.15) is 0 Å². The zero-order chi connectivity index (χ0) is 17.0. The van der Waals surface area contributed by atoms with Crippen LogP contribution in [0.3, 0.4) is 0 Å². The smallest absolute Gasteiger partial charge is 0.0706 e. The molecule has 0 aliphatic heterocycles. The van der Waals surface area contributed by atoms with Gasteiger partial charge in [0.2, 0.25) is 0 Å². The molecule has 0 aliphatic carbocycles. The second-order valence-corrected chi connectivity index (χ2v) is 7.30. The van der Waals surface area contributed by atoms with Gasteiger partial charge in [0.05, 0.1) is 16.2 Å². The van der Waals surface area contributed by atoms with Crippen molar-refractivity contribution >= 4 is 22.5 Å². The summed E-state index contributed by atoms with van der Waals surface area (Å²) in [6.07, 6.45) is 16.1. The van der Waals surface area contributed by atoms with Crippen molar-refractivity contribution in [3.8, 4) is 0 Å². The van der Waals surface area contributed by atoms with Gasteiger partial charge in [0.25, 0.3) is 0 Å². The van der Waals surface area contributed by atoms with E-state index < -0.39 is 0 Å². The van der Waals surface area contributed by atoms with Crippen molar-refractivity contribution in [2.75, 3.05) is 0 Å². The number of nitrogens with zero attached hydrogens (tertiary/aromatic N) is 1. The van der Waals surface area contributed by atoms with Gasteiger partial charge in [0.15, 0.2) is 0 Å². The molecule has 0 radical (unpaired) electrons. The minimum absolute atomic E-state index is 0.820. The van der Waals surface area contributed by atoms with Crippen LogP contribution < -0.4 is 0 Å². The largest absolute Gasteiger partial charge is 0.251 e. The first-order valence-corrected chi connectivity index (χ1v) is 10.2. The lowest BCUT2D eigenvalue weighted by Crippen LogP contribution is -1.93. The van der Waals surface area contributed by atoms with Crippen molar-refractivity contribution in [2.24, 2.45) is 0 Å². The average molecular weight is 346 g/mol. The number of hydrogen-bond donors (Lipinski definition) is 0. The Morgan fingerprint density at radius 1 is 0.792 bits per heavy atom. The monoisotopic (exact) mass is 345 g/mol. The fraction of sp³-hybridized carbons (Fsp3) is 0.591. The summed E-state index contributed by atoms with van der Waals surface area (Å²) in [5.41, 5.74) is 2.12. The number of hydrogen-bond acceptors (Lipinski definition) is 1. The highest BCUT2D eigenvalue weighted by Gasteiger charge is 2.04. The molecular formula is C22H32ClN. The Morgan fingerprint density at radius 2 is 1.38 bits per heavy atom. The summed E-state index contributed by atoms with van der Waals surface area (Å²) in [7, 11) is 0. The predicted octanol–water partition coefficient (Wildman–Crippen LogP) is 7.74. The van der Waals surface area contributed by atoms with Crippen molar-refractivity contribution in [3.63, 3.8) is 0 Å². The highest BCUT2D eigenvalue weighted by molar-refractivity contribution is 6.31. The molecule has 0 saturated heterocycles. The zero-order valence-electron chi connectivity index (χ0n) is 15.2. The van der Waals surface area contributed by atoms with E-state index in [4.69, 9.17) is 16.6 Å². The number of fused-ring (bicyclic) bond motifs is 1. The molecule has 132 valence electrons. The maximum Gasteiger partial charge on any atom is 0.0706 e. The van der Waals surface area contributed by atoms with Crippen LogP contribution in [0.1, 0.15) is 83.2 Å². The van der Waals surface area contributed by atoms with Crippen LogP contribution in [-0.4, -0.2) is 4.98 Å². The first-order chi connectivity index (χ1) is 11.8. The normalized spacial score (nSPS) is 11.2. The van der Waals surface area contributed by atoms with Crippen LogP contribution >= 0.6 is 11.6 Å². The molecule has 2 rings (SSSR count). The number of rotatable bonds is 12. The fourth-order valence-electron chi connectivity index (χ4n) is 3.26. The average Bonchev–Trinajstić information content (AvgIpc) is 2.60. The first kappa shape index (κ1) is 19.2. The molecule has 1 aromatic carbocycles. The number of aromatic nitrogens is 1. The second kappa shape index (κ2) is 11.5. The van der Waals surface area contributed by atoms with Crippen LogP contribution in [0.2, 0.25) is 5.02 Å².